The zero-order chi connectivity index (χ0) is 20.3. The Morgan fingerprint density at radius 3 is 2.68 bits per heavy atom. The molecule has 2 heterocycles. The first kappa shape index (κ1) is 20.3. The van der Waals surface area contributed by atoms with Crippen molar-refractivity contribution >= 4 is 28.4 Å². The van der Waals surface area contributed by atoms with Gasteiger partial charge >= 0.3 is 6.09 Å². The number of amides is 1. The van der Waals surface area contributed by atoms with E-state index in [1.54, 1.807) is 7.11 Å². The number of methoxy groups -OCH3 is 1. The Morgan fingerprint density at radius 2 is 2.04 bits per heavy atom. The average molecular weight is 390 g/mol. The van der Waals surface area contributed by atoms with Crippen molar-refractivity contribution in [2.45, 2.75) is 51.8 Å². The number of nitrogens with zero attached hydrogens (tertiary/aromatic N) is 3. The molecule has 0 saturated carbocycles. The van der Waals surface area contributed by atoms with Crippen molar-refractivity contribution in [1.29, 1.82) is 0 Å². The summed E-state index contributed by atoms with van der Waals surface area (Å²) in [5.41, 5.74) is 8.65. The molecule has 1 fully saturated rings. The van der Waals surface area contributed by atoms with Crippen LogP contribution in [0.2, 0.25) is 0 Å². The zero-order valence-electron chi connectivity index (χ0n) is 17.2. The zero-order valence-corrected chi connectivity index (χ0v) is 17.2. The van der Waals surface area contributed by atoms with E-state index in [1.807, 2.05) is 37.7 Å². The molecule has 0 aliphatic carbocycles. The monoisotopic (exact) mass is 389 g/mol. The number of carbonyl (C=O) groups is 1. The van der Waals surface area contributed by atoms with Crippen molar-refractivity contribution in [1.82, 2.24) is 15.1 Å². The minimum Gasteiger partial charge on any atom is -0.444 e. The highest BCUT2D eigenvalue weighted by atomic mass is 16.6. The van der Waals surface area contributed by atoms with E-state index in [4.69, 9.17) is 15.2 Å². The molecule has 1 saturated heterocycles. The molecule has 1 aromatic carbocycles. The lowest BCUT2D eigenvalue weighted by molar-refractivity contribution is 0.0497. The van der Waals surface area contributed by atoms with E-state index in [9.17, 15) is 4.79 Å². The van der Waals surface area contributed by atoms with E-state index in [2.05, 4.69) is 21.4 Å². The predicted octanol–water partition coefficient (Wildman–Crippen LogP) is 2.76. The normalized spacial score (nSPS) is 15.8. The number of benzene rings is 1. The molecule has 0 radical (unpaired) electrons. The van der Waals surface area contributed by atoms with Crippen molar-refractivity contribution in [3.63, 3.8) is 0 Å². The van der Waals surface area contributed by atoms with Gasteiger partial charge in [0.05, 0.1) is 36.2 Å². The number of carbonyl (C=O) groups excluding carboxylic acids is 1. The van der Waals surface area contributed by atoms with Crippen LogP contribution >= 0.6 is 0 Å². The summed E-state index contributed by atoms with van der Waals surface area (Å²) in [5, 5.41) is 8.43. The molecule has 8 nitrogen and oxygen atoms in total. The van der Waals surface area contributed by atoms with Crippen LogP contribution in [0.15, 0.2) is 18.3 Å². The average Bonchev–Trinajstić information content (AvgIpc) is 3.00. The van der Waals surface area contributed by atoms with E-state index >= 15 is 0 Å². The Hall–Kier alpha value is -2.48. The molecule has 0 spiro atoms. The molecule has 1 aliphatic heterocycles. The summed E-state index contributed by atoms with van der Waals surface area (Å²) in [6.45, 7) is 8.55. The van der Waals surface area contributed by atoms with Gasteiger partial charge in [-0.3, -0.25) is 4.68 Å². The summed E-state index contributed by atoms with van der Waals surface area (Å²) in [5.74, 6) is 0. The van der Waals surface area contributed by atoms with Gasteiger partial charge < -0.3 is 25.4 Å². The lowest BCUT2D eigenvalue weighted by Gasteiger charge is -2.35. The molecule has 1 amide bonds. The summed E-state index contributed by atoms with van der Waals surface area (Å²) in [7, 11) is 1.69. The number of anilines is 2. The number of rotatable bonds is 5. The molecule has 0 bridgehead atoms. The summed E-state index contributed by atoms with van der Waals surface area (Å²) in [6.07, 6.45) is 3.18. The van der Waals surface area contributed by atoms with Gasteiger partial charge in [-0.2, -0.15) is 5.10 Å². The highest BCUT2D eigenvalue weighted by Crippen LogP contribution is 2.31. The standard InChI is InChI=1S/C20H31N5O3/c1-20(2,3)28-19(26)23-15-5-7-24(8-6-15)18-12-17-14(11-16(18)21)13-22-25(17)9-10-27-4/h11-13,15H,5-10,21H2,1-4H3,(H,23,26). The van der Waals surface area contributed by atoms with Crippen molar-refractivity contribution in [2.24, 2.45) is 0 Å². The third kappa shape index (κ3) is 4.86. The molecule has 0 unspecified atom stereocenters. The van der Waals surface area contributed by atoms with Gasteiger partial charge in [-0.1, -0.05) is 0 Å². The van der Waals surface area contributed by atoms with Crippen molar-refractivity contribution < 1.29 is 14.3 Å². The maximum atomic E-state index is 12.0. The summed E-state index contributed by atoms with van der Waals surface area (Å²) >= 11 is 0. The van der Waals surface area contributed by atoms with E-state index in [0.29, 0.717) is 13.2 Å². The van der Waals surface area contributed by atoms with E-state index in [1.165, 1.54) is 0 Å². The third-order valence-corrected chi connectivity index (χ3v) is 4.85. The summed E-state index contributed by atoms with van der Waals surface area (Å²) in [6, 6.07) is 4.20. The number of hydrogen-bond donors (Lipinski definition) is 2. The number of hydrogen-bond acceptors (Lipinski definition) is 6. The first-order valence-electron chi connectivity index (χ1n) is 9.75. The number of nitrogen functional groups attached to an aromatic ring is 1. The van der Waals surface area contributed by atoms with Crippen LogP contribution in [0.25, 0.3) is 10.9 Å². The highest BCUT2D eigenvalue weighted by molar-refractivity contribution is 5.89. The van der Waals surface area contributed by atoms with Gasteiger partial charge in [0, 0.05) is 31.6 Å². The topological polar surface area (TPSA) is 94.6 Å². The number of nitrogens with two attached hydrogens (primary N) is 1. The van der Waals surface area contributed by atoms with Gasteiger partial charge in [0.1, 0.15) is 5.60 Å². The van der Waals surface area contributed by atoms with Crippen molar-refractivity contribution in [2.75, 3.05) is 37.4 Å². The van der Waals surface area contributed by atoms with Gasteiger partial charge in [0.15, 0.2) is 0 Å². The molecule has 28 heavy (non-hydrogen) atoms. The Kier molecular flexibility index (Phi) is 5.98. The fraction of sp³-hybridized carbons (Fsp3) is 0.600. The SMILES string of the molecule is COCCn1ncc2cc(N)c(N3CCC(NC(=O)OC(C)(C)C)CC3)cc21. The third-order valence-electron chi connectivity index (χ3n) is 4.85. The van der Waals surface area contributed by atoms with Crippen LogP contribution < -0.4 is 16.0 Å². The van der Waals surface area contributed by atoms with E-state index < -0.39 is 5.60 Å². The number of ether oxygens (including phenoxy) is 2. The highest BCUT2D eigenvalue weighted by Gasteiger charge is 2.25. The number of nitrogens with one attached hydrogen (secondary N) is 1. The molecule has 3 N–H and O–H groups in total. The second-order valence-electron chi connectivity index (χ2n) is 8.24. The fourth-order valence-electron chi connectivity index (χ4n) is 3.50. The molecule has 0 atom stereocenters. The van der Waals surface area contributed by atoms with Crippen LogP contribution in [0.4, 0.5) is 16.2 Å². The largest absolute Gasteiger partial charge is 0.444 e. The van der Waals surface area contributed by atoms with Crippen LogP contribution in [0.5, 0.6) is 0 Å². The first-order chi connectivity index (χ1) is 13.3. The summed E-state index contributed by atoms with van der Waals surface area (Å²) < 4.78 is 12.5. The van der Waals surface area contributed by atoms with Gasteiger partial charge in [-0.15, -0.1) is 0 Å². The smallest absolute Gasteiger partial charge is 0.407 e. The first-order valence-corrected chi connectivity index (χ1v) is 9.75. The van der Waals surface area contributed by atoms with Gasteiger partial charge in [-0.05, 0) is 45.7 Å². The number of fused-ring (bicyclic) bond motifs is 1. The van der Waals surface area contributed by atoms with Crippen LogP contribution in [-0.2, 0) is 16.0 Å². The molecule has 1 aromatic heterocycles. The molecule has 2 aromatic rings. The van der Waals surface area contributed by atoms with E-state index in [0.717, 1.165) is 48.2 Å². The van der Waals surface area contributed by atoms with Crippen molar-refractivity contribution in [3.05, 3.63) is 18.3 Å². The minimum atomic E-state index is -0.486. The Balaban J connectivity index is 1.66. The number of alkyl carbamates (subject to hydrolysis) is 1. The fourth-order valence-corrected chi connectivity index (χ4v) is 3.50. The Morgan fingerprint density at radius 1 is 1.32 bits per heavy atom. The molecular formula is C20H31N5O3. The van der Waals surface area contributed by atoms with Crippen LogP contribution in [0.3, 0.4) is 0 Å². The molecule has 3 rings (SSSR count). The Bertz CT molecular complexity index is 819. The quantitative estimate of drug-likeness (QED) is 0.764. The second-order valence-corrected chi connectivity index (χ2v) is 8.24. The molecule has 154 valence electrons. The maximum absolute atomic E-state index is 12.0. The molecule has 8 heteroatoms. The van der Waals surface area contributed by atoms with Gasteiger partial charge in [0.2, 0.25) is 0 Å². The maximum Gasteiger partial charge on any atom is 0.407 e. The van der Waals surface area contributed by atoms with Crippen LogP contribution in [0.1, 0.15) is 33.6 Å². The molecule has 1 aliphatic rings. The van der Waals surface area contributed by atoms with Gasteiger partial charge in [-0.25, -0.2) is 4.79 Å². The minimum absolute atomic E-state index is 0.114. The second kappa shape index (κ2) is 8.26. The van der Waals surface area contributed by atoms with Crippen molar-refractivity contribution in [3.8, 4) is 0 Å². The van der Waals surface area contributed by atoms with Crippen LogP contribution in [-0.4, -0.2) is 54.3 Å². The number of aromatic nitrogens is 2. The van der Waals surface area contributed by atoms with Gasteiger partial charge in [0.25, 0.3) is 0 Å². The number of piperidine rings is 1. The van der Waals surface area contributed by atoms with E-state index in [-0.39, 0.29) is 12.1 Å². The lowest BCUT2D eigenvalue weighted by atomic mass is 10.0. The van der Waals surface area contributed by atoms with Crippen LogP contribution in [0, 0.1) is 0 Å². The Labute approximate surface area is 165 Å². The summed E-state index contributed by atoms with van der Waals surface area (Å²) in [4.78, 5) is 14.3. The molecular weight excluding hydrogens is 358 g/mol. The predicted molar refractivity (Wildman–Crippen MR) is 111 cm³/mol. The lowest BCUT2D eigenvalue weighted by Crippen LogP contribution is -2.46.